The van der Waals surface area contributed by atoms with Crippen LogP contribution in [0.2, 0.25) is 0 Å². The van der Waals surface area contributed by atoms with Gasteiger partial charge in [-0.1, -0.05) is 6.07 Å². The highest BCUT2D eigenvalue weighted by Crippen LogP contribution is 2.31. The first-order valence-corrected chi connectivity index (χ1v) is 14.0. The summed E-state index contributed by atoms with van der Waals surface area (Å²) in [4.78, 5) is 28.1. The number of carbonyl (C=O) groups excluding carboxylic acids is 2. The highest BCUT2D eigenvalue weighted by Gasteiger charge is 2.34. The van der Waals surface area contributed by atoms with Crippen molar-refractivity contribution in [1.82, 2.24) is 15.5 Å². The predicted octanol–water partition coefficient (Wildman–Crippen LogP) is 3.25. The summed E-state index contributed by atoms with van der Waals surface area (Å²) < 4.78 is 33.3. The van der Waals surface area contributed by atoms with Crippen LogP contribution in [0.1, 0.15) is 36.2 Å². The molecule has 2 aliphatic rings. The molecule has 2 atom stereocenters. The largest absolute Gasteiger partial charge is 0.493 e. The number of hydrogen-bond donors (Lipinski definition) is 2. The van der Waals surface area contributed by atoms with Gasteiger partial charge in [-0.15, -0.1) is 0 Å². The SMILES string of the molecule is COCCCOc1cc(C(=O)N(C[C@H]2CNC[C@H]2OC(=O)NCc2ccc3c(c2)OCCO3)C(C)C)ccc1OC. The van der Waals surface area contributed by atoms with E-state index in [1.165, 1.54) is 0 Å². The summed E-state index contributed by atoms with van der Waals surface area (Å²) in [7, 11) is 3.21. The fourth-order valence-corrected chi connectivity index (χ4v) is 4.83. The molecule has 1 fully saturated rings. The standard InChI is InChI=1S/C30H41N3O8/c1-20(2)33(29(34)22-7-9-24(37-4)27(15-22)38-11-5-10-36-3)19-23-17-31-18-28(23)41-30(35)32-16-21-6-8-25-26(14-21)40-13-12-39-25/h6-9,14-15,20,23,28,31H,5,10-13,16-19H2,1-4H3,(H,32,35)/t23-,28-/m1/s1. The van der Waals surface area contributed by atoms with Crippen LogP contribution < -0.4 is 29.6 Å². The van der Waals surface area contributed by atoms with Gasteiger partial charge in [0, 0.05) is 63.8 Å². The fraction of sp³-hybridized carbons (Fsp3) is 0.533. The zero-order valence-electron chi connectivity index (χ0n) is 24.3. The monoisotopic (exact) mass is 571 g/mol. The molecule has 2 aromatic rings. The van der Waals surface area contributed by atoms with Crippen LogP contribution in [0.3, 0.4) is 0 Å². The van der Waals surface area contributed by atoms with Crippen molar-refractivity contribution < 1.29 is 38.0 Å². The Labute approximate surface area is 241 Å². The zero-order valence-corrected chi connectivity index (χ0v) is 24.3. The summed E-state index contributed by atoms with van der Waals surface area (Å²) >= 11 is 0. The van der Waals surface area contributed by atoms with Crippen molar-refractivity contribution in [3.05, 3.63) is 47.5 Å². The Balaban J connectivity index is 1.35. The van der Waals surface area contributed by atoms with Crippen LogP contribution in [0.5, 0.6) is 23.0 Å². The topological polar surface area (TPSA) is 117 Å². The molecule has 0 unspecified atom stereocenters. The molecule has 0 saturated carbocycles. The highest BCUT2D eigenvalue weighted by molar-refractivity contribution is 5.95. The van der Waals surface area contributed by atoms with Crippen molar-refractivity contribution >= 4 is 12.0 Å². The molecular weight excluding hydrogens is 530 g/mol. The van der Waals surface area contributed by atoms with Gasteiger partial charge in [-0.3, -0.25) is 4.79 Å². The van der Waals surface area contributed by atoms with Gasteiger partial charge < -0.3 is 44.0 Å². The molecule has 2 N–H and O–H groups in total. The lowest BCUT2D eigenvalue weighted by Gasteiger charge is -2.31. The van der Waals surface area contributed by atoms with E-state index in [2.05, 4.69) is 10.6 Å². The Morgan fingerprint density at radius 1 is 1.02 bits per heavy atom. The Kier molecular flexibility index (Phi) is 10.9. The number of amides is 2. The normalized spacial score (nSPS) is 17.7. The van der Waals surface area contributed by atoms with E-state index in [1.807, 2.05) is 32.0 Å². The molecule has 2 amide bonds. The Morgan fingerprint density at radius 3 is 2.59 bits per heavy atom. The van der Waals surface area contributed by atoms with Crippen molar-refractivity contribution in [2.24, 2.45) is 5.92 Å². The maximum Gasteiger partial charge on any atom is 0.407 e. The summed E-state index contributed by atoms with van der Waals surface area (Å²) in [6.07, 6.45) is -0.165. The molecule has 4 rings (SSSR count). The van der Waals surface area contributed by atoms with Gasteiger partial charge in [0.15, 0.2) is 23.0 Å². The lowest BCUT2D eigenvalue weighted by molar-refractivity contribution is 0.0521. The van der Waals surface area contributed by atoms with E-state index in [4.69, 9.17) is 28.4 Å². The van der Waals surface area contributed by atoms with Gasteiger partial charge in [0.1, 0.15) is 19.3 Å². The van der Waals surface area contributed by atoms with Crippen LogP contribution in [0, 0.1) is 5.92 Å². The van der Waals surface area contributed by atoms with Crippen molar-refractivity contribution in [3.8, 4) is 23.0 Å². The van der Waals surface area contributed by atoms with Crippen LogP contribution in [-0.4, -0.2) is 89.3 Å². The lowest BCUT2D eigenvalue weighted by Crippen LogP contribution is -2.44. The number of ether oxygens (including phenoxy) is 6. The number of rotatable bonds is 13. The number of benzene rings is 2. The van der Waals surface area contributed by atoms with E-state index in [0.717, 1.165) is 12.0 Å². The van der Waals surface area contributed by atoms with Crippen LogP contribution in [0.4, 0.5) is 4.79 Å². The molecule has 224 valence electrons. The molecule has 11 heteroatoms. The van der Waals surface area contributed by atoms with E-state index in [9.17, 15) is 9.59 Å². The van der Waals surface area contributed by atoms with E-state index in [0.29, 0.717) is 81.2 Å². The first-order chi connectivity index (χ1) is 19.9. The minimum atomic E-state index is -0.508. The average Bonchev–Trinajstić information content (AvgIpc) is 3.42. The third-order valence-electron chi connectivity index (χ3n) is 7.06. The fourth-order valence-electron chi connectivity index (χ4n) is 4.83. The second kappa shape index (κ2) is 14.8. The molecule has 0 radical (unpaired) electrons. The van der Waals surface area contributed by atoms with Crippen molar-refractivity contribution in [2.75, 3.05) is 60.3 Å². The van der Waals surface area contributed by atoms with Gasteiger partial charge in [0.2, 0.25) is 0 Å². The number of alkyl carbamates (subject to hydrolysis) is 1. The third kappa shape index (κ3) is 8.17. The number of hydrogen-bond acceptors (Lipinski definition) is 9. The molecule has 2 aromatic carbocycles. The maximum absolute atomic E-state index is 13.6. The van der Waals surface area contributed by atoms with Crippen molar-refractivity contribution in [1.29, 1.82) is 0 Å². The summed E-state index contributed by atoms with van der Waals surface area (Å²) in [5.41, 5.74) is 1.38. The van der Waals surface area contributed by atoms with E-state index >= 15 is 0 Å². The first-order valence-electron chi connectivity index (χ1n) is 14.0. The van der Waals surface area contributed by atoms with Crippen LogP contribution in [0.15, 0.2) is 36.4 Å². The van der Waals surface area contributed by atoms with Crippen LogP contribution in [0.25, 0.3) is 0 Å². The van der Waals surface area contributed by atoms with E-state index in [-0.39, 0.29) is 24.0 Å². The first kappa shape index (κ1) is 30.3. The molecule has 0 aromatic heterocycles. The quantitative estimate of drug-likeness (QED) is 0.350. The minimum absolute atomic E-state index is 0.0654. The van der Waals surface area contributed by atoms with Gasteiger partial charge in [0.25, 0.3) is 5.91 Å². The van der Waals surface area contributed by atoms with Crippen molar-refractivity contribution in [3.63, 3.8) is 0 Å². The second-order valence-electron chi connectivity index (χ2n) is 10.3. The van der Waals surface area contributed by atoms with Gasteiger partial charge >= 0.3 is 6.09 Å². The van der Waals surface area contributed by atoms with Gasteiger partial charge in [0.05, 0.1) is 13.7 Å². The molecule has 0 aliphatic carbocycles. The number of fused-ring (bicyclic) bond motifs is 1. The molecule has 1 saturated heterocycles. The molecule has 11 nitrogen and oxygen atoms in total. The minimum Gasteiger partial charge on any atom is -0.493 e. The number of nitrogens with zero attached hydrogens (tertiary/aromatic N) is 1. The third-order valence-corrected chi connectivity index (χ3v) is 7.06. The summed E-state index contributed by atoms with van der Waals surface area (Å²) in [5.74, 6) is 2.25. The molecule has 2 heterocycles. The highest BCUT2D eigenvalue weighted by atomic mass is 16.6. The molecular formula is C30H41N3O8. The summed E-state index contributed by atoms with van der Waals surface area (Å²) in [6, 6.07) is 10.7. The lowest BCUT2D eigenvalue weighted by atomic mass is 10.0. The second-order valence-corrected chi connectivity index (χ2v) is 10.3. The predicted molar refractivity (Wildman–Crippen MR) is 152 cm³/mol. The number of nitrogens with one attached hydrogen (secondary N) is 2. The van der Waals surface area contributed by atoms with Crippen LogP contribution >= 0.6 is 0 Å². The molecule has 2 aliphatic heterocycles. The molecule has 41 heavy (non-hydrogen) atoms. The summed E-state index contributed by atoms with van der Waals surface area (Å²) in [6.45, 7) is 7.87. The van der Waals surface area contributed by atoms with Gasteiger partial charge in [-0.05, 0) is 49.7 Å². The smallest absolute Gasteiger partial charge is 0.407 e. The van der Waals surface area contributed by atoms with E-state index in [1.54, 1.807) is 37.3 Å². The Hall–Kier alpha value is -3.70. The number of carbonyl (C=O) groups is 2. The van der Waals surface area contributed by atoms with Crippen LogP contribution in [-0.2, 0) is 16.0 Å². The average molecular weight is 572 g/mol. The molecule has 0 bridgehead atoms. The van der Waals surface area contributed by atoms with Gasteiger partial charge in [-0.2, -0.15) is 0 Å². The maximum atomic E-state index is 13.6. The summed E-state index contributed by atoms with van der Waals surface area (Å²) in [5, 5.41) is 6.12. The Morgan fingerprint density at radius 2 is 1.83 bits per heavy atom. The van der Waals surface area contributed by atoms with Crippen molar-refractivity contribution in [2.45, 2.75) is 39.0 Å². The Bertz CT molecular complexity index is 1170. The zero-order chi connectivity index (χ0) is 29.2. The van der Waals surface area contributed by atoms with E-state index < -0.39 is 6.09 Å². The molecule has 0 spiro atoms. The van der Waals surface area contributed by atoms with Gasteiger partial charge in [-0.25, -0.2) is 4.79 Å². The number of methoxy groups -OCH3 is 2.